The first kappa shape index (κ1) is 13.3. The van der Waals surface area contributed by atoms with Crippen LogP contribution >= 0.6 is 11.6 Å². The van der Waals surface area contributed by atoms with E-state index in [1.165, 1.54) is 18.9 Å². The SMILES string of the molecule is Fc1cccc(Cl)c1CC1COCCC1NC1CC1. The number of rotatable bonds is 4. The van der Waals surface area contributed by atoms with Gasteiger partial charge in [-0.1, -0.05) is 17.7 Å². The smallest absolute Gasteiger partial charge is 0.127 e. The van der Waals surface area contributed by atoms with Crippen LogP contribution in [0.3, 0.4) is 0 Å². The molecule has 2 nitrogen and oxygen atoms in total. The van der Waals surface area contributed by atoms with Gasteiger partial charge in [0.15, 0.2) is 0 Å². The van der Waals surface area contributed by atoms with E-state index in [4.69, 9.17) is 16.3 Å². The van der Waals surface area contributed by atoms with Crippen LogP contribution in [-0.4, -0.2) is 25.3 Å². The van der Waals surface area contributed by atoms with Crippen molar-refractivity contribution in [2.45, 2.75) is 37.8 Å². The molecule has 0 amide bonds. The van der Waals surface area contributed by atoms with Crippen molar-refractivity contribution in [1.29, 1.82) is 0 Å². The molecule has 104 valence electrons. The van der Waals surface area contributed by atoms with Crippen LogP contribution in [0.5, 0.6) is 0 Å². The molecule has 1 heterocycles. The monoisotopic (exact) mass is 283 g/mol. The summed E-state index contributed by atoms with van der Waals surface area (Å²) in [5, 5.41) is 4.18. The molecule has 1 aliphatic carbocycles. The number of ether oxygens (including phenoxy) is 1. The fraction of sp³-hybridized carbons (Fsp3) is 0.600. The Labute approximate surface area is 118 Å². The van der Waals surface area contributed by atoms with Gasteiger partial charge in [0.25, 0.3) is 0 Å². The maximum Gasteiger partial charge on any atom is 0.127 e. The van der Waals surface area contributed by atoms with Crippen molar-refractivity contribution in [2.24, 2.45) is 5.92 Å². The van der Waals surface area contributed by atoms with Gasteiger partial charge < -0.3 is 10.1 Å². The Bertz CT molecular complexity index is 430. The Hall–Kier alpha value is -0.640. The molecule has 3 rings (SSSR count). The Balaban J connectivity index is 1.71. The second-order valence-corrected chi connectivity index (χ2v) is 5.98. The minimum Gasteiger partial charge on any atom is -0.381 e. The van der Waals surface area contributed by atoms with Crippen LogP contribution in [0.1, 0.15) is 24.8 Å². The normalized spacial score (nSPS) is 27.5. The van der Waals surface area contributed by atoms with Crippen molar-refractivity contribution < 1.29 is 9.13 Å². The summed E-state index contributed by atoms with van der Waals surface area (Å²) in [6, 6.07) is 5.98. The fourth-order valence-electron chi connectivity index (χ4n) is 2.76. The van der Waals surface area contributed by atoms with Crippen molar-refractivity contribution >= 4 is 11.6 Å². The standard InChI is InChI=1S/C15H19ClFNO/c16-13-2-1-3-14(17)12(13)8-10-9-19-7-6-15(10)18-11-4-5-11/h1-3,10-11,15,18H,4-9H2. The molecule has 2 unspecified atom stereocenters. The molecule has 1 aromatic rings. The predicted molar refractivity (Wildman–Crippen MR) is 74.0 cm³/mol. The lowest BCUT2D eigenvalue weighted by Gasteiger charge is -2.32. The van der Waals surface area contributed by atoms with Gasteiger partial charge in [-0.25, -0.2) is 4.39 Å². The molecule has 0 radical (unpaired) electrons. The Kier molecular flexibility index (Phi) is 4.06. The van der Waals surface area contributed by atoms with Gasteiger partial charge >= 0.3 is 0 Å². The van der Waals surface area contributed by atoms with Crippen molar-refractivity contribution in [3.05, 3.63) is 34.6 Å². The average Bonchev–Trinajstić information content (AvgIpc) is 3.20. The highest BCUT2D eigenvalue weighted by atomic mass is 35.5. The fourth-order valence-corrected chi connectivity index (χ4v) is 3.00. The molecule has 2 aliphatic rings. The van der Waals surface area contributed by atoms with Crippen molar-refractivity contribution in [3.8, 4) is 0 Å². The van der Waals surface area contributed by atoms with Gasteiger partial charge in [0.2, 0.25) is 0 Å². The minimum atomic E-state index is -0.205. The van der Waals surface area contributed by atoms with Crippen LogP contribution in [-0.2, 0) is 11.2 Å². The van der Waals surface area contributed by atoms with E-state index in [0.29, 0.717) is 41.6 Å². The van der Waals surface area contributed by atoms with Gasteiger partial charge in [-0.15, -0.1) is 0 Å². The summed E-state index contributed by atoms with van der Waals surface area (Å²) < 4.78 is 19.4. The molecular weight excluding hydrogens is 265 g/mol. The first-order valence-electron chi connectivity index (χ1n) is 7.00. The summed E-state index contributed by atoms with van der Waals surface area (Å²) in [6.45, 7) is 1.49. The highest BCUT2D eigenvalue weighted by molar-refractivity contribution is 6.31. The van der Waals surface area contributed by atoms with Crippen LogP contribution in [0.15, 0.2) is 18.2 Å². The molecule has 1 N–H and O–H groups in total. The average molecular weight is 284 g/mol. The zero-order valence-electron chi connectivity index (χ0n) is 10.9. The molecule has 2 atom stereocenters. The van der Waals surface area contributed by atoms with Gasteiger partial charge in [-0.2, -0.15) is 0 Å². The number of hydrogen-bond acceptors (Lipinski definition) is 2. The summed E-state index contributed by atoms with van der Waals surface area (Å²) in [6.07, 6.45) is 4.19. The van der Waals surface area contributed by atoms with Crippen LogP contribution in [0.4, 0.5) is 4.39 Å². The van der Waals surface area contributed by atoms with E-state index >= 15 is 0 Å². The van der Waals surface area contributed by atoms with E-state index in [1.54, 1.807) is 12.1 Å². The zero-order valence-corrected chi connectivity index (χ0v) is 11.6. The molecule has 1 saturated heterocycles. The largest absolute Gasteiger partial charge is 0.381 e. The lowest BCUT2D eigenvalue weighted by molar-refractivity contribution is 0.0314. The first-order valence-corrected chi connectivity index (χ1v) is 7.38. The van der Waals surface area contributed by atoms with Gasteiger partial charge in [0.05, 0.1) is 6.61 Å². The number of nitrogens with one attached hydrogen (secondary N) is 1. The minimum absolute atomic E-state index is 0.205. The maximum absolute atomic E-state index is 13.9. The maximum atomic E-state index is 13.9. The van der Waals surface area contributed by atoms with Crippen LogP contribution in [0.25, 0.3) is 0 Å². The predicted octanol–water partition coefficient (Wildman–Crippen LogP) is 3.18. The lowest BCUT2D eigenvalue weighted by atomic mass is 9.89. The van der Waals surface area contributed by atoms with E-state index in [1.807, 2.05) is 0 Å². The van der Waals surface area contributed by atoms with Crippen molar-refractivity contribution in [1.82, 2.24) is 5.32 Å². The summed E-state index contributed by atoms with van der Waals surface area (Å²) in [7, 11) is 0. The van der Waals surface area contributed by atoms with E-state index in [2.05, 4.69) is 5.32 Å². The third-order valence-corrected chi connectivity index (χ3v) is 4.38. The van der Waals surface area contributed by atoms with Crippen LogP contribution < -0.4 is 5.32 Å². The van der Waals surface area contributed by atoms with Crippen LogP contribution in [0.2, 0.25) is 5.02 Å². The molecule has 0 aromatic heterocycles. The quantitative estimate of drug-likeness (QED) is 0.916. The topological polar surface area (TPSA) is 21.3 Å². The first-order chi connectivity index (χ1) is 9.24. The van der Waals surface area contributed by atoms with E-state index in [0.717, 1.165) is 13.0 Å². The van der Waals surface area contributed by atoms with Gasteiger partial charge in [0, 0.05) is 35.2 Å². The number of hydrogen-bond donors (Lipinski definition) is 1. The number of halogens is 2. The van der Waals surface area contributed by atoms with E-state index in [-0.39, 0.29) is 5.82 Å². The molecule has 0 spiro atoms. The lowest BCUT2D eigenvalue weighted by Crippen LogP contribution is -2.44. The van der Waals surface area contributed by atoms with E-state index < -0.39 is 0 Å². The molecule has 1 saturated carbocycles. The number of benzene rings is 1. The molecule has 2 fully saturated rings. The van der Waals surface area contributed by atoms with Gasteiger partial charge in [-0.05, 0) is 37.8 Å². The third kappa shape index (κ3) is 3.28. The third-order valence-electron chi connectivity index (χ3n) is 4.03. The van der Waals surface area contributed by atoms with Gasteiger partial charge in [-0.3, -0.25) is 0 Å². The molecular formula is C15H19ClFNO. The molecule has 1 aliphatic heterocycles. The molecule has 19 heavy (non-hydrogen) atoms. The van der Waals surface area contributed by atoms with E-state index in [9.17, 15) is 4.39 Å². The van der Waals surface area contributed by atoms with Crippen molar-refractivity contribution in [3.63, 3.8) is 0 Å². The second kappa shape index (κ2) is 5.78. The highest BCUT2D eigenvalue weighted by Crippen LogP contribution is 2.28. The Morgan fingerprint density at radius 2 is 2.16 bits per heavy atom. The highest BCUT2D eigenvalue weighted by Gasteiger charge is 2.32. The Morgan fingerprint density at radius 1 is 1.32 bits per heavy atom. The summed E-state index contributed by atoms with van der Waals surface area (Å²) in [4.78, 5) is 0. The summed E-state index contributed by atoms with van der Waals surface area (Å²) in [5.41, 5.74) is 0.627. The summed E-state index contributed by atoms with van der Waals surface area (Å²) in [5.74, 6) is 0.104. The molecule has 4 heteroatoms. The van der Waals surface area contributed by atoms with Gasteiger partial charge in [0.1, 0.15) is 5.82 Å². The zero-order chi connectivity index (χ0) is 13.2. The molecule has 0 bridgehead atoms. The molecule has 1 aromatic carbocycles. The Morgan fingerprint density at radius 3 is 2.89 bits per heavy atom. The second-order valence-electron chi connectivity index (χ2n) is 5.58. The summed E-state index contributed by atoms with van der Waals surface area (Å²) >= 11 is 6.11. The van der Waals surface area contributed by atoms with Crippen LogP contribution in [0, 0.1) is 11.7 Å². The van der Waals surface area contributed by atoms with Crippen molar-refractivity contribution in [2.75, 3.05) is 13.2 Å².